The standard InChI is InChI=1S/C11H9BrFNS/c12-9-3-1-7(5-10(9)13)11-4-2-8(6-14)15-11/h1-5H,6,14H2. The highest BCUT2D eigenvalue weighted by molar-refractivity contribution is 9.10. The summed E-state index contributed by atoms with van der Waals surface area (Å²) in [5, 5.41) is 0. The highest BCUT2D eigenvalue weighted by Gasteiger charge is 2.05. The maximum Gasteiger partial charge on any atom is 0.138 e. The SMILES string of the molecule is NCc1ccc(-c2ccc(Br)c(F)c2)s1. The molecule has 15 heavy (non-hydrogen) atoms. The molecule has 0 amide bonds. The summed E-state index contributed by atoms with van der Waals surface area (Å²) in [6, 6.07) is 9.07. The first-order valence-corrected chi connectivity index (χ1v) is 6.06. The number of benzene rings is 1. The Kier molecular flexibility index (Phi) is 3.19. The Morgan fingerprint density at radius 1 is 1.27 bits per heavy atom. The van der Waals surface area contributed by atoms with E-state index in [1.54, 1.807) is 17.4 Å². The van der Waals surface area contributed by atoms with Gasteiger partial charge in [-0.1, -0.05) is 6.07 Å². The van der Waals surface area contributed by atoms with Crippen LogP contribution in [-0.4, -0.2) is 0 Å². The van der Waals surface area contributed by atoms with E-state index in [1.807, 2.05) is 18.2 Å². The van der Waals surface area contributed by atoms with Gasteiger partial charge in [-0.15, -0.1) is 11.3 Å². The van der Waals surface area contributed by atoms with Crippen LogP contribution < -0.4 is 5.73 Å². The van der Waals surface area contributed by atoms with Crippen LogP contribution in [0.2, 0.25) is 0 Å². The van der Waals surface area contributed by atoms with Crippen LogP contribution in [0.25, 0.3) is 10.4 Å². The molecule has 0 saturated carbocycles. The quantitative estimate of drug-likeness (QED) is 0.893. The Morgan fingerprint density at radius 3 is 2.67 bits per heavy atom. The van der Waals surface area contributed by atoms with Crippen LogP contribution in [0.4, 0.5) is 4.39 Å². The van der Waals surface area contributed by atoms with Crippen LogP contribution in [0.1, 0.15) is 4.88 Å². The molecule has 1 heterocycles. The van der Waals surface area contributed by atoms with Crippen molar-refractivity contribution in [3.05, 3.63) is 45.5 Å². The molecular formula is C11H9BrFNS. The van der Waals surface area contributed by atoms with Crippen LogP contribution in [0.3, 0.4) is 0 Å². The molecule has 0 saturated heterocycles. The molecule has 0 radical (unpaired) electrons. The lowest BCUT2D eigenvalue weighted by Gasteiger charge is -1.99. The fourth-order valence-electron chi connectivity index (χ4n) is 1.29. The Morgan fingerprint density at radius 2 is 2.07 bits per heavy atom. The van der Waals surface area contributed by atoms with E-state index in [1.165, 1.54) is 6.07 Å². The molecule has 2 N–H and O–H groups in total. The van der Waals surface area contributed by atoms with Crippen LogP contribution in [0, 0.1) is 5.82 Å². The summed E-state index contributed by atoms with van der Waals surface area (Å²) in [5.41, 5.74) is 6.41. The molecule has 0 aliphatic heterocycles. The topological polar surface area (TPSA) is 26.0 Å². The Labute approximate surface area is 99.9 Å². The van der Waals surface area contributed by atoms with Crippen molar-refractivity contribution in [2.75, 3.05) is 0 Å². The van der Waals surface area contributed by atoms with Gasteiger partial charge in [0.1, 0.15) is 5.82 Å². The third-order valence-corrected chi connectivity index (χ3v) is 3.87. The van der Waals surface area contributed by atoms with Gasteiger partial charge in [0.2, 0.25) is 0 Å². The average Bonchev–Trinajstić information content (AvgIpc) is 2.70. The second-order valence-electron chi connectivity index (χ2n) is 3.10. The van der Waals surface area contributed by atoms with Crippen molar-refractivity contribution >= 4 is 27.3 Å². The number of hydrogen-bond acceptors (Lipinski definition) is 2. The lowest BCUT2D eigenvalue weighted by atomic mass is 10.2. The summed E-state index contributed by atoms with van der Waals surface area (Å²) in [7, 11) is 0. The van der Waals surface area contributed by atoms with Crippen LogP contribution in [-0.2, 0) is 6.54 Å². The fourth-order valence-corrected chi connectivity index (χ4v) is 2.42. The summed E-state index contributed by atoms with van der Waals surface area (Å²) < 4.78 is 13.8. The van der Waals surface area contributed by atoms with Gasteiger partial charge in [0.05, 0.1) is 4.47 Å². The van der Waals surface area contributed by atoms with Crippen LogP contribution in [0.5, 0.6) is 0 Å². The molecule has 0 unspecified atom stereocenters. The molecule has 1 nitrogen and oxygen atoms in total. The predicted molar refractivity (Wildman–Crippen MR) is 65.3 cm³/mol. The van der Waals surface area contributed by atoms with E-state index in [4.69, 9.17) is 5.73 Å². The van der Waals surface area contributed by atoms with Crippen molar-refractivity contribution in [1.29, 1.82) is 0 Å². The number of hydrogen-bond donors (Lipinski definition) is 1. The zero-order chi connectivity index (χ0) is 10.8. The molecule has 78 valence electrons. The first-order chi connectivity index (χ1) is 7.20. The monoisotopic (exact) mass is 285 g/mol. The van der Waals surface area contributed by atoms with Gasteiger partial charge < -0.3 is 5.73 Å². The largest absolute Gasteiger partial charge is 0.326 e. The Balaban J connectivity index is 2.40. The van der Waals surface area contributed by atoms with E-state index < -0.39 is 0 Å². The van der Waals surface area contributed by atoms with Crippen molar-refractivity contribution in [3.63, 3.8) is 0 Å². The maximum atomic E-state index is 13.3. The van der Waals surface area contributed by atoms with E-state index in [2.05, 4.69) is 15.9 Å². The summed E-state index contributed by atoms with van der Waals surface area (Å²) in [4.78, 5) is 2.15. The zero-order valence-electron chi connectivity index (χ0n) is 7.84. The first-order valence-electron chi connectivity index (χ1n) is 4.45. The van der Waals surface area contributed by atoms with Crippen molar-refractivity contribution in [2.45, 2.75) is 6.54 Å². The average molecular weight is 286 g/mol. The number of nitrogens with two attached hydrogens (primary N) is 1. The van der Waals surface area contributed by atoms with Gasteiger partial charge in [0.15, 0.2) is 0 Å². The molecule has 2 aromatic rings. The van der Waals surface area contributed by atoms with E-state index in [-0.39, 0.29) is 5.82 Å². The fraction of sp³-hybridized carbons (Fsp3) is 0.0909. The second-order valence-corrected chi connectivity index (χ2v) is 5.12. The summed E-state index contributed by atoms with van der Waals surface area (Å²) in [6.45, 7) is 0.531. The molecule has 4 heteroatoms. The lowest BCUT2D eigenvalue weighted by molar-refractivity contribution is 0.622. The van der Waals surface area contributed by atoms with Gasteiger partial charge in [0.25, 0.3) is 0 Å². The number of halogens is 2. The van der Waals surface area contributed by atoms with Gasteiger partial charge in [-0.25, -0.2) is 4.39 Å². The maximum absolute atomic E-state index is 13.3. The zero-order valence-corrected chi connectivity index (χ0v) is 10.2. The van der Waals surface area contributed by atoms with E-state index in [0.717, 1.165) is 15.3 Å². The molecule has 1 aromatic heterocycles. The smallest absolute Gasteiger partial charge is 0.138 e. The lowest BCUT2D eigenvalue weighted by Crippen LogP contribution is -1.91. The Hall–Kier alpha value is -0.710. The number of rotatable bonds is 2. The highest BCUT2D eigenvalue weighted by Crippen LogP contribution is 2.30. The molecule has 0 atom stereocenters. The third kappa shape index (κ3) is 2.27. The second kappa shape index (κ2) is 4.43. The Bertz CT molecular complexity index is 481. The molecule has 2 rings (SSSR count). The van der Waals surface area contributed by atoms with E-state index >= 15 is 0 Å². The van der Waals surface area contributed by atoms with Crippen LogP contribution >= 0.6 is 27.3 Å². The molecule has 0 bridgehead atoms. The molecule has 0 aliphatic carbocycles. The van der Waals surface area contributed by atoms with Gasteiger partial charge in [0, 0.05) is 16.3 Å². The minimum Gasteiger partial charge on any atom is -0.326 e. The van der Waals surface area contributed by atoms with Crippen molar-refractivity contribution in [2.24, 2.45) is 5.73 Å². The predicted octanol–water partition coefficient (Wildman–Crippen LogP) is 3.78. The van der Waals surface area contributed by atoms with Gasteiger partial charge in [-0.2, -0.15) is 0 Å². The normalized spacial score (nSPS) is 10.6. The van der Waals surface area contributed by atoms with Gasteiger partial charge in [-0.3, -0.25) is 0 Å². The minimum absolute atomic E-state index is 0.241. The van der Waals surface area contributed by atoms with E-state index in [0.29, 0.717) is 11.0 Å². The van der Waals surface area contributed by atoms with E-state index in [9.17, 15) is 4.39 Å². The van der Waals surface area contributed by atoms with Crippen molar-refractivity contribution in [3.8, 4) is 10.4 Å². The molecular weight excluding hydrogens is 277 g/mol. The first kappa shape index (κ1) is 10.8. The highest BCUT2D eigenvalue weighted by atomic mass is 79.9. The summed E-state index contributed by atoms with van der Waals surface area (Å²) >= 11 is 4.72. The van der Waals surface area contributed by atoms with Gasteiger partial charge in [-0.05, 0) is 45.8 Å². The molecule has 1 aromatic carbocycles. The molecule has 0 aliphatic rings. The number of thiophene rings is 1. The van der Waals surface area contributed by atoms with Crippen molar-refractivity contribution in [1.82, 2.24) is 0 Å². The third-order valence-electron chi connectivity index (χ3n) is 2.07. The molecule has 0 spiro atoms. The molecule has 0 fully saturated rings. The van der Waals surface area contributed by atoms with Crippen molar-refractivity contribution < 1.29 is 4.39 Å². The summed E-state index contributed by atoms with van der Waals surface area (Å²) in [6.07, 6.45) is 0. The summed E-state index contributed by atoms with van der Waals surface area (Å²) in [5.74, 6) is -0.241. The van der Waals surface area contributed by atoms with Gasteiger partial charge >= 0.3 is 0 Å². The minimum atomic E-state index is -0.241. The van der Waals surface area contributed by atoms with Crippen LogP contribution in [0.15, 0.2) is 34.8 Å².